The van der Waals surface area contributed by atoms with Gasteiger partial charge in [0.25, 0.3) is 0 Å². The molecule has 0 radical (unpaired) electrons. The summed E-state index contributed by atoms with van der Waals surface area (Å²) in [6, 6.07) is 10.1. The predicted molar refractivity (Wildman–Crippen MR) is 66.0 cm³/mol. The van der Waals surface area contributed by atoms with Crippen molar-refractivity contribution in [3.8, 4) is 0 Å². The van der Waals surface area contributed by atoms with Gasteiger partial charge in [-0.25, -0.2) is 0 Å². The molecule has 16 heavy (non-hydrogen) atoms. The first kappa shape index (κ1) is 11.0. The number of hydrogen-bond acceptors (Lipinski definition) is 2. The zero-order valence-corrected chi connectivity index (χ0v) is 9.12. The molecule has 1 saturated carbocycles. The standard InChI is InChI=1S/C12H15N3O.2H2/c13-15-14-11-7-4-8-12(11)16-9-10-5-2-1-3-6-10;;/h1-3,5-6,11-12H,4,7-9H2;2*1H/t11-,12-;;/m1../s1. The van der Waals surface area contributed by atoms with Gasteiger partial charge in [-0.1, -0.05) is 41.9 Å². The molecule has 0 spiro atoms. The van der Waals surface area contributed by atoms with Crippen molar-refractivity contribution in [2.45, 2.75) is 38.0 Å². The Morgan fingerprint density at radius 1 is 1.38 bits per heavy atom. The summed E-state index contributed by atoms with van der Waals surface area (Å²) in [5, 5.41) is 3.77. The van der Waals surface area contributed by atoms with Crippen molar-refractivity contribution in [1.29, 1.82) is 0 Å². The highest BCUT2D eigenvalue weighted by Crippen LogP contribution is 2.25. The lowest BCUT2D eigenvalue weighted by Crippen LogP contribution is -2.20. The molecule has 0 unspecified atom stereocenters. The second-order valence-electron chi connectivity index (χ2n) is 4.04. The van der Waals surface area contributed by atoms with Crippen LogP contribution in [0.3, 0.4) is 0 Å². The Bertz CT molecular complexity index is 382. The Morgan fingerprint density at radius 3 is 2.94 bits per heavy atom. The van der Waals surface area contributed by atoms with E-state index in [0.29, 0.717) is 6.61 Å². The molecule has 1 fully saturated rings. The SMILES string of the molecule is [HH].[HH].[N-]=[N+]=N[C@@H]1CCC[C@H]1OCc1ccccc1. The minimum atomic E-state index is 0. The van der Waals surface area contributed by atoms with E-state index in [2.05, 4.69) is 10.0 Å². The minimum Gasteiger partial charge on any atom is -0.373 e. The Hall–Kier alpha value is -1.51. The fourth-order valence-electron chi connectivity index (χ4n) is 2.08. The van der Waals surface area contributed by atoms with Crippen LogP contribution in [0.25, 0.3) is 10.4 Å². The maximum atomic E-state index is 8.43. The number of hydrogen-bond donors (Lipinski definition) is 0. The molecular weight excluding hydrogens is 202 g/mol. The van der Waals surface area contributed by atoms with E-state index in [1.165, 1.54) is 0 Å². The number of ether oxygens (including phenoxy) is 1. The van der Waals surface area contributed by atoms with Gasteiger partial charge in [0.2, 0.25) is 0 Å². The van der Waals surface area contributed by atoms with Gasteiger partial charge in [-0.15, -0.1) is 0 Å². The quantitative estimate of drug-likeness (QED) is 0.431. The van der Waals surface area contributed by atoms with Gasteiger partial charge in [-0.2, -0.15) is 0 Å². The largest absolute Gasteiger partial charge is 0.373 e. The van der Waals surface area contributed by atoms with Gasteiger partial charge in [0, 0.05) is 7.76 Å². The summed E-state index contributed by atoms with van der Waals surface area (Å²) in [7, 11) is 0. The second kappa shape index (κ2) is 5.54. The van der Waals surface area contributed by atoms with Gasteiger partial charge >= 0.3 is 0 Å². The maximum Gasteiger partial charge on any atom is 0.0720 e. The fourth-order valence-corrected chi connectivity index (χ4v) is 2.08. The lowest BCUT2D eigenvalue weighted by molar-refractivity contribution is 0.0358. The molecule has 4 heteroatoms. The van der Waals surface area contributed by atoms with Gasteiger partial charge in [0.05, 0.1) is 18.8 Å². The number of benzene rings is 1. The molecule has 1 aliphatic carbocycles. The molecule has 0 heterocycles. The number of azide groups is 1. The zero-order chi connectivity index (χ0) is 11.2. The van der Waals surface area contributed by atoms with Crippen molar-refractivity contribution in [3.05, 3.63) is 46.3 Å². The highest BCUT2D eigenvalue weighted by atomic mass is 16.5. The highest BCUT2D eigenvalue weighted by Gasteiger charge is 2.26. The molecule has 1 aromatic carbocycles. The van der Waals surface area contributed by atoms with Crippen LogP contribution in [-0.2, 0) is 11.3 Å². The van der Waals surface area contributed by atoms with Crippen LogP contribution in [0.4, 0.5) is 0 Å². The number of rotatable bonds is 4. The van der Waals surface area contributed by atoms with Crippen molar-refractivity contribution in [2.24, 2.45) is 5.11 Å². The van der Waals surface area contributed by atoms with Gasteiger partial charge in [0.15, 0.2) is 0 Å². The summed E-state index contributed by atoms with van der Waals surface area (Å²) < 4.78 is 5.79. The second-order valence-corrected chi connectivity index (χ2v) is 4.04. The lowest BCUT2D eigenvalue weighted by atomic mass is 10.2. The van der Waals surface area contributed by atoms with Crippen LogP contribution in [-0.4, -0.2) is 12.1 Å². The van der Waals surface area contributed by atoms with Crippen LogP contribution in [0.2, 0.25) is 0 Å². The van der Waals surface area contributed by atoms with Gasteiger partial charge in [0.1, 0.15) is 0 Å². The molecular formula is C12H19N3O. The Balaban J connectivity index is 0.00000144. The summed E-state index contributed by atoms with van der Waals surface area (Å²) in [6.07, 6.45) is 3.12. The molecule has 1 aromatic rings. The Morgan fingerprint density at radius 2 is 2.19 bits per heavy atom. The summed E-state index contributed by atoms with van der Waals surface area (Å²) in [5.41, 5.74) is 9.59. The van der Waals surface area contributed by atoms with Crippen molar-refractivity contribution >= 4 is 0 Å². The zero-order valence-electron chi connectivity index (χ0n) is 9.12. The van der Waals surface area contributed by atoms with Crippen LogP contribution in [0, 0.1) is 0 Å². The van der Waals surface area contributed by atoms with Crippen molar-refractivity contribution in [2.75, 3.05) is 0 Å². The van der Waals surface area contributed by atoms with E-state index < -0.39 is 0 Å². The maximum absolute atomic E-state index is 8.43. The first-order valence-corrected chi connectivity index (χ1v) is 5.60. The van der Waals surface area contributed by atoms with E-state index in [1.54, 1.807) is 0 Å². The summed E-state index contributed by atoms with van der Waals surface area (Å²) >= 11 is 0. The average Bonchev–Trinajstić information content (AvgIpc) is 2.76. The monoisotopic (exact) mass is 221 g/mol. The predicted octanol–water partition coefficient (Wildman–Crippen LogP) is 3.93. The normalized spacial score (nSPS) is 24.0. The van der Waals surface area contributed by atoms with E-state index in [4.69, 9.17) is 10.3 Å². The molecule has 1 aliphatic rings. The van der Waals surface area contributed by atoms with Gasteiger partial charge in [-0.3, -0.25) is 0 Å². The Labute approximate surface area is 97.8 Å². The first-order chi connectivity index (χ1) is 7.90. The van der Waals surface area contributed by atoms with E-state index in [1.807, 2.05) is 30.3 Å². The summed E-state index contributed by atoms with van der Waals surface area (Å²) in [6.45, 7) is 0.600. The molecule has 0 bridgehead atoms. The topological polar surface area (TPSA) is 58.0 Å². The van der Waals surface area contributed by atoms with Crippen LogP contribution in [0.5, 0.6) is 0 Å². The smallest absolute Gasteiger partial charge is 0.0720 e. The molecule has 2 atom stereocenters. The molecule has 0 amide bonds. The molecule has 4 nitrogen and oxygen atoms in total. The molecule has 2 rings (SSSR count). The molecule has 0 saturated heterocycles. The summed E-state index contributed by atoms with van der Waals surface area (Å²) in [4.78, 5) is 2.87. The van der Waals surface area contributed by atoms with Crippen molar-refractivity contribution in [1.82, 2.24) is 0 Å². The van der Waals surface area contributed by atoms with Crippen LogP contribution in [0.1, 0.15) is 27.7 Å². The third-order valence-electron chi connectivity index (χ3n) is 2.92. The van der Waals surface area contributed by atoms with E-state index >= 15 is 0 Å². The molecule has 0 aliphatic heterocycles. The van der Waals surface area contributed by atoms with Crippen LogP contribution >= 0.6 is 0 Å². The molecule has 88 valence electrons. The van der Waals surface area contributed by atoms with Crippen molar-refractivity contribution in [3.63, 3.8) is 0 Å². The lowest BCUT2D eigenvalue weighted by Gasteiger charge is -2.15. The molecule has 0 N–H and O–H groups in total. The number of nitrogens with zero attached hydrogens (tertiary/aromatic N) is 3. The van der Waals surface area contributed by atoms with Crippen LogP contribution in [0.15, 0.2) is 35.4 Å². The first-order valence-electron chi connectivity index (χ1n) is 5.60. The average molecular weight is 221 g/mol. The van der Waals surface area contributed by atoms with Gasteiger partial charge in [-0.05, 0) is 23.9 Å². The fraction of sp³-hybridized carbons (Fsp3) is 0.500. The Kier molecular flexibility index (Phi) is 3.81. The van der Waals surface area contributed by atoms with Crippen molar-refractivity contribution < 1.29 is 7.59 Å². The third kappa shape index (κ3) is 2.75. The van der Waals surface area contributed by atoms with Gasteiger partial charge < -0.3 is 4.74 Å². The van der Waals surface area contributed by atoms with Crippen LogP contribution < -0.4 is 0 Å². The van der Waals surface area contributed by atoms with E-state index in [-0.39, 0.29) is 15.0 Å². The highest BCUT2D eigenvalue weighted by molar-refractivity contribution is 5.13. The third-order valence-corrected chi connectivity index (χ3v) is 2.92. The van der Waals surface area contributed by atoms with E-state index in [9.17, 15) is 0 Å². The summed E-state index contributed by atoms with van der Waals surface area (Å²) in [5.74, 6) is 0. The minimum absolute atomic E-state index is 0. The molecule has 0 aromatic heterocycles. The van der Waals surface area contributed by atoms with E-state index in [0.717, 1.165) is 24.8 Å².